The van der Waals surface area contributed by atoms with Gasteiger partial charge in [0.05, 0.1) is 11.7 Å². The summed E-state index contributed by atoms with van der Waals surface area (Å²) in [6, 6.07) is 17.4. The molecular weight excluding hydrogens is 286 g/mol. The van der Waals surface area contributed by atoms with E-state index in [2.05, 4.69) is 22.5 Å². The third-order valence-corrected chi connectivity index (χ3v) is 3.82. The fourth-order valence-corrected chi connectivity index (χ4v) is 2.41. The Morgan fingerprint density at radius 2 is 1.78 bits per heavy atom. The molecule has 0 saturated heterocycles. The first-order valence-electron chi connectivity index (χ1n) is 7.61. The molecule has 0 saturated carbocycles. The predicted octanol–water partition coefficient (Wildman–Crippen LogP) is 3.67. The standard InChI is InChI=1S/C19H19N3O/c1-14-4-6-16(7-5-14)15(2)21-19(23)17-8-10-18(11-9-17)22-13-3-12-20-22/h3-13,15H,1-2H3,(H,21,23). The molecule has 116 valence electrons. The van der Waals surface area contributed by atoms with E-state index in [9.17, 15) is 4.79 Å². The number of benzene rings is 2. The first-order valence-corrected chi connectivity index (χ1v) is 7.61. The lowest BCUT2D eigenvalue weighted by molar-refractivity contribution is 0.0940. The highest BCUT2D eigenvalue weighted by atomic mass is 16.1. The topological polar surface area (TPSA) is 46.9 Å². The van der Waals surface area contributed by atoms with Crippen LogP contribution < -0.4 is 5.32 Å². The summed E-state index contributed by atoms with van der Waals surface area (Å²) in [6.45, 7) is 4.04. The Labute approximate surface area is 135 Å². The second-order valence-corrected chi connectivity index (χ2v) is 5.60. The zero-order valence-electron chi connectivity index (χ0n) is 13.2. The van der Waals surface area contributed by atoms with Crippen molar-refractivity contribution in [1.29, 1.82) is 0 Å². The Hall–Kier alpha value is -2.88. The molecule has 0 fully saturated rings. The van der Waals surface area contributed by atoms with E-state index in [1.165, 1.54) is 5.56 Å². The van der Waals surface area contributed by atoms with Crippen molar-refractivity contribution in [3.8, 4) is 5.69 Å². The van der Waals surface area contributed by atoms with Crippen LogP contribution in [0.25, 0.3) is 5.69 Å². The van der Waals surface area contributed by atoms with Crippen molar-refractivity contribution in [3.05, 3.63) is 83.7 Å². The van der Waals surface area contributed by atoms with Gasteiger partial charge in [0.1, 0.15) is 0 Å². The van der Waals surface area contributed by atoms with Crippen molar-refractivity contribution in [1.82, 2.24) is 15.1 Å². The van der Waals surface area contributed by atoms with Crippen molar-refractivity contribution in [3.63, 3.8) is 0 Å². The number of carbonyl (C=O) groups is 1. The number of nitrogens with one attached hydrogen (secondary N) is 1. The number of hydrogen-bond acceptors (Lipinski definition) is 2. The number of hydrogen-bond donors (Lipinski definition) is 1. The van der Waals surface area contributed by atoms with Crippen LogP contribution in [0.2, 0.25) is 0 Å². The monoisotopic (exact) mass is 305 g/mol. The minimum Gasteiger partial charge on any atom is -0.346 e. The third-order valence-electron chi connectivity index (χ3n) is 3.82. The summed E-state index contributed by atoms with van der Waals surface area (Å²) < 4.78 is 1.76. The summed E-state index contributed by atoms with van der Waals surface area (Å²) in [5.74, 6) is -0.0786. The summed E-state index contributed by atoms with van der Waals surface area (Å²) in [6.07, 6.45) is 3.60. The second-order valence-electron chi connectivity index (χ2n) is 5.60. The van der Waals surface area contributed by atoms with Crippen LogP contribution in [-0.2, 0) is 0 Å². The highest BCUT2D eigenvalue weighted by Gasteiger charge is 2.11. The van der Waals surface area contributed by atoms with Crippen LogP contribution >= 0.6 is 0 Å². The maximum absolute atomic E-state index is 12.4. The van der Waals surface area contributed by atoms with Crippen LogP contribution in [0, 0.1) is 6.92 Å². The third kappa shape index (κ3) is 3.48. The van der Waals surface area contributed by atoms with Crippen molar-refractivity contribution in [2.75, 3.05) is 0 Å². The molecule has 0 bridgehead atoms. The van der Waals surface area contributed by atoms with Gasteiger partial charge in [0.15, 0.2) is 0 Å². The van der Waals surface area contributed by atoms with Crippen LogP contribution in [0.15, 0.2) is 67.0 Å². The van der Waals surface area contributed by atoms with E-state index in [-0.39, 0.29) is 11.9 Å². The number of aryl methyl sites for hydroxylation is 1. The molecule has 0 aliphatic carbocycles. The van der Waals surface area contributed by atoms with Gasteiger partial charge in [0, 0.05) is 18.0 Å². The molecule has 1 aromatic heterocycles. The first-order chi connectivity index (χ1) is 11.1. The van der Waals surface area contributed by atoms with E-state index in [1.807, 2.05) is 62.5 Å². The SMILES string of the molecule is Cc1ccc(C(C)NC(=O)c2ccc(-n3cccn3)cc2)cc1. The zero-order valence-corrected chi connectivity index (χ0v) is 13.2. The van der Waals surface area contributed by atoms with Crippen LogP contribution in [0.3, 0.4) is 0 Å². The van der Waals surface area contributed by atoms with Gasteiger partial charge in [-0.25, -0.2) is 4.68 Å². The van der Waals surface area contributed by atoms with E-state index >= 15 is 0 Å². The Kier molecular flexibility index (Phi) is 4.24. The molecule has 23 heavy (non-hydrogen) atoms. The summed E-state index contributed by atoms with van der Waals surface area (Å²) in [5.41, 5.74) is 3.87. The molecule has 3 rings (SSSR count). The van der Waals surface area contributed by atoms with Crippen LogP contribution in [-0.4, -0.2) is 15.7 Å². The lowest BCUT2D eigenvalue weighted by Crippen LogP contribution is -2.26. The van der Waals surface area contributed by atoms with Gasteiger partial charge in [-0.3, -0.25) is 4.79 Å². The summed E-state index contributed by atoms with van der Waals surface area (Å²) in [4.78, 5) is 12.4. The van der Waals surface area contributed by atoms with Crippen molar-refractivity contribution in [2.45, 2.75) is 19.9 Å². The Morgan fingerprint density at radius 3 is 2.39 bits per heavy atom. The van der Waals surface area contributed by atoms with E-state index in [0.29, 0.717) is 5.56 Å². The largest absolute Gasteiger partial charge is 0.346 e. The molecule has 0 aliphatic rings. The van der Waals surface area contributed by atoms with Gasteiger partial charge in [-0.15, -0.1) is 0 Å². The van der Waals surface area contributed by atoms with Crippen molar-refractivity contribution in [2.24, 2.45) is 0 Å². The Balaban J connectivity index is 1.69. The fraction of sp³-hybridized carbons (Fsp3) is 0.158. The molecule has 0 spiro atoms. The average Bonchev–Trinajstić information content (AvgIpc) is 3.10. The Bertz CT molecular complexity index is 774. The summed E-state index contributed by atoms with van der Waals surface area (Å²) in [7, 11) is 0. The highest BCUT2D eigenvalue weighted by molar-refractivity contribution is 5.94. The van der Waals surface area contributed by atoms with Crippen molar-refractivity contribution < 1.29 is 4.79 Å². The minimum absolute atomic E-state index is 0.0334. The maximum Gasteiger partial charge on any atom is 0.251 e. The predicted molar refractivity (Wildman–Crippen MR) is 90.6 cm³/mol. The number of amides is 1. The van der Waals surface area contributed by atoms with Crippen LogP contribution in [0.1, 0.15) is 34.5 Å². The number of nitrogens with zero attached hydrogens (tertiary/aromatic N) is 2. The smallest absolute Gasteiger partial charge is 0.251 e. The molecule has 4 heteroatoms. The molecule has 1 N–H and O–H groups in total. The zero-order chi connectivity index (χ0) is 16.2. The maximum atomic E-state index is 12.4. The van der Waals surface area contributed by atoms with Gasteiger partial charge in [-0.05, 0) is 49.7 Å². The van der Waals surface area contributed by atoms with Crippen LogP contribution in [0.5, 0.6) is 0 Å². The Morgan fingerprint density at radius 1 is 1.09 bits per heavy atom. The molecule has 2 aromatic carbocycles. The molecule has 1 heterocycles. The molecule has 1 unspecified atom stereocenters. The molecular formula is C19H19N3O. The molecule has 3 aromatic rings. The van der Waals surface area contributed by atoms with Crippen molar-refractivity contribution >= 4 is 5.91 Å². The van der Waals surface area contributed by atoms with Gasteiger partial charge in [0.2, 0.25) is 0 Å². The van der Waals surface area contributed by atoms with Gasteiger partial charge >= 0.3 is 0 Å². The van der Waals surface area contributed by atoms with Gasteiger partial charge in [0.25, 0.3) is 5.91 Å². The summed E-state index contributed by atoms with van der Waals surface area (Å²) >= 11 is 0. The van der Waals surface area contributed by atoms with Gasteiger partial charge < -0.3 is 5.32 Å². The van der Waals surface area contributed by atoms with Gasteiger partial charge in [-0.2, -0.15) is 5.10 Å². The van der Waals surface area contributed by atoms with E-state index in [0.717, 1.165) is 11.3 Å². The average molecular weight is 305 g/mol. The normalized spacial score (nSPS) is 11.9. The summed E-state index contributed by atoms with van der Waals surface area (Å²) in [5, 5.41) is 7.20. The van der Waals surface area contributed by atoms with E-state index < -0.39 is 0 Å². The second kappa shape index (κ2) is 6.48. The number of carbonyl (C=O) groups excluding carboxylic acids is 1. The molecule has 4 nitrogen and oxygen atoms in total. The number of rotatable bonds is 4. The minimum atomic E-state index is -0.0786. The fourth-order valence-electron chi connectivity index (χ4n) is 2.41. The van der Waals surface area contributed by atoms with Crippen LogP contribution in [0.4, 0.5) is 0 Å². The lowest BCUT2D eigenvalue weighted by Gasteiger charge is -2.15. The van der Waals surface area contributed by atoms with E-state index in [4.69, 9.17) is 0 Å². The highest BCUT2D eigenvalue weighted by Crippen LogP contribution is 2.15. The molecule has 1 atom stereocenters. The molecule has 0 radical (unpaired) electrons. The lowest BCUT2D eigenvalue weighted by atomic mass is 10.1. The van der Waals surface area contributed by atoms with Gasteiger partial charge in [-0.1, -0.05) is 29.8 Å². The molecule has 0 aliphatic heterocycles. The van der Waals surface area contributed by atoms with E-state index in [1.54, 1.807) is 10.9 Å². The quantitative estimate of drug-likeness (QED) is 0.799. The first kappa shape index (κ1) is 15.0. The number of aromatic nitrogens is 2. The molecule has 1 amide bonds.